The summed E-state index contributed by atoms with van der Waals surface area (Å²) in [5.41, 5.74) is 1.95. The molecule has 0 unspecified atom stereocenters. The minimum absolute atomic E-state index is 0.00798. The number of carbonyl (C=O) groups excluding carboxylic acids is 1. The highest BCUT2D eigenvalue weighted by Crippen LogP contribution is 2.21. The number of aliphatic carboxylic acids is 1. The molecule has 1 fully saturated rings. The van der Waals surface area contributed by atoms with Crippen LogP contribution < -0.4 is 0 Å². The highest BCUT2D eigenvalue weighted by Gasteiger charge is 2.35. The summed E-state index contributed by atoms with van der Waals surface area (Å²) >= 11 is 0. The van der Waals surface area contributed by atoms with Crippen LogP contribution in [-0.4, -0.2) is 43.2 Å². The lowest BCUT2D eigenvalue weighted by Gasteiger charge is -2.15. The quantitative estimate of drug-likeness (QED) is 0.793. The molecule has 1 aliphatic rings. The van der Waals surface area contributed by atoms with E-state index in [1.165, 1.54) is 7.11 Å². The van der Waals surface area contributed by atoms with E-state index in [-0.39, 0.29) is 19.2 Å². The smallest absolute Gasteiger partial charge is 0.335 e. The van der Waals surface area contributed by atoms with Gasteiger partial charge in [-0.1, -0.05) is 24.3 Å². The van der Waals surface area contributed by atoms with Crippen LogP contribution in [0, 0.1) is 0 Å². The Morgan fingerprint density at radius 2 is 2.00 bits per heavy atom. The van der Waals surface area contributed by atoms with Gasteiger partial charge in [0, 0.05) is 12.8 Å². The van der Waals surface area contributed by atoms with Gasteiger partial charge < -0.3 is 19.3 Å². The van der Waals surface area contributed by atoms with Crippen LogP contribution in [0.4, 0.5) is 0 Å². The molecule has 6 heteroatoms. The molecule has 1 saturated heterocycles. The lowest BCUT2D eigenvalue weighted by Crippen LogP contribution is -2.32. The zero-order valence-corrected chi connectivity index (χ0v) is 11.8. The zero-order valence-electron chi connectivity index (χ0n) is 11.8. The topological polar surface area (TPSA) is 82.1 Å². The van der Waals surface area contributed by atoms with Gasteiger partial charge in [-0.25, -0.2) is 4.79 Å². The Labute approximate surface area is 122 Å². The van der Waals surface area contributed by atoms with Crippen LogP contribution in [0.15, 0.2) is 24.3 Å². The van der Waals surface area contributed by atoms with Gasteiger partial charge in [0.05, 0.1) is 7.11 Å². The number of hydrogen-bond acceptors (Lipinski definition) is 5. The van der Waals surface area contributed by atoms with Crippen molar-refractivity contribution < 1.29 is 28.9 Å². The molecule has 0 amide bonds. The Morgan fingerprint density at radius 3 is 2.67 bits per heavy atom. The Bertz CT molecular complexity index is 513. The first-order valence-corrected chi connectivity index (χ1v) is 6.71. The number of ether oxygens (including phenoxy) is 3. The molecule has 1 aromatic rings. The van der Waals surface area contributed by atoms with Crippen LogP contribution in [0.5, 0.6) is 0 Å². The fraction of sp³-hybridized carbons (Fsp3) is 0.467. The molecule has 0 aromatic heterocycles. The molecular weight excluding hydrogens is 276 g/mol. The summed E-state index contributed by atoms with van der Waals surface area (Å²) in [5, 5.41) is 9.07. The Hall–Kier alpha value is -1.92. The lowest BCUT2D eigenvalue weighted by atomic mass is 9.96. The highest BCUT2D eigenvalue weighted by atomic mass is 16.7. The summed E-state index contributed by atoms with van der Waals surface area (Å²) in [6.45, 7) is -0.00798. The van der Waals surface area contributed by atoms with Gasteiger partial charge in [0.2, 0.25) is 0 Å². The van der Waals surface area contributed by atoms with Crippen molar-refractivity contribution in [3.63, 3.8) is 0 Å². The SMILES string of the molecule is COC(=O)CCc1ccccc1C[C@@H]1OCO[C@H]1C(=O)O. The minimum atomic E-state index is -1.02. The molecule has 1 aromatic carbocycles. The summed E-state index contributed by atoms with van der Waals surface area (Å²) in [6.07, 6.45) is -0.180. The number of carboxylic acid groups (broad SMARTS) is 1. The molecule has 6 nitrogen and oxygen atoms in total. The van der Waals surface area contributed by atoms with E-state index < -0.39 is 18.2 Å². The van der Waals surface area contributed by atoms with E-state index in [0.717, 1.165) is 11.1 Å². The van der Waals surface area contributed by atoms with Crippen LogP contribution >= 0.6 is 0 Å². The van der Waals surface area contributed by atoms with E-state index in [9.17, 15) is 9.59 Å². The van der Waals surface area contributed by atoms with E-state index in [1.54, 1.807) is 0 Å². The van der Waals surface area contributed by atoms with Gasteiger partial charge in [-0.3, -0.25) is 4.79 Å². The first kappa shape index (κ1) is 15.5. The third-order valence-electron chi connectivity index (χ3n) is 3.48. The average molecular weight is 294 g/mol. The fourth-order valence-corrected chi connectivity index (χ4v) is 2.35. The Balaban J connectivity index is 2.05. The fourth-order valence-electron chi connectivity index (χ4n) is 2.35. The maximum Gasteiger partial charge on any atom is 0.335 e. The molecule has 0 spiro atoms. The van der Waals surface area contributed by atoms with E-state index in [2.05, 4.69) is 4.74 Å². The van der Waals surface area contributed by atoms with E-state index >= 15 is 0 Å². The Kier molecular flexibility index (Phi) is 5.30. The summed E-state index contributed by atoms with van der Waals surface area (Å²) in [7, 11) is 1.36. The van der Waals surface area contributed by atoms with Crippen molar-refractivity contribution in [1.29, 1.82) is 0 Å². The molecule has 21 heavy (non-hydrogen) atoms. The van der Waals surface area contributed by atoms with Crippen LogP contribution in [-0.2, 0) is 36.6 Å². The van der Waals surface area contributed by atoms with Crippen LogP contribution in [0.1, 0.15) is 17.5 Å². The number of methoxy groups -OCH3 is 1. The third-order valence-corrected chi connectivity index (χ3v) is 3.48. The maximum atomic E-state index is 11.2. The number of esters is 1. The van der Waals surface area contributed by atoms with Crippen LogP contribution in [0.25, 0.3) is 0 Å². The molecule has 1 heterocycles. The number of aryl methyl sites for hydroxylation is 1. The standard InChI is InChI=1S/C15H18O6/c1-19-13(16)7-6-10-4-2-3-5-11(10)8-12-14(15(17)18)21-9-20-12/h2-5,12,14H,6-9H2,1H3,(H,17,18)/t12-,14+/m0/s1. The molecule has 0 bridgehead atoms. The van der Waals surface area contributed by atoms with Gasteiger partial charge in [0.1, 0.15) is 12.9 Å². The van der Waals surface area contributed by atoms with Crippen molar-refractivity contribution in [3.8, 4) is 0 Å². The largest absolute Gasteiger partial charge is 0.479 e. The lowest BCUT2D eigenvalue weighted by molar-refractivity contribution is -0.147. The summed E-state index contributed by atoms with van der Waals surface area (Å²) in [6, 6.07) is 7.59. The number of hydrogen-bond donors (Lipinski definition) is 1. The predicted molar refractivity (Wildman–Crippen MR) is 72.7 cm³/mol. The molecular formula is C15H18O6. The van der Waals surface area contributed by atoms with Crippen molar-refractivity contribution in [1.82, 2.24) is 0 Å². The molecule has 0 radical (unpaired) electrons. The molecule has 0 aliphatic carbocycles. The van der Waals surface area contributed by atoms with Gasteiger partial charge in [-0.15, -0.1) is 0 Å². The Morgan fingerprint density at radius 1 is 1.29 bits per heavy atom. The summed E-state index contributed by atoms with van der Waals surface area (Å²) < 4.78 is 15.0. The first-order chi connectivity index (χ1) is 10.1. The number of rotatable bonds is 6. The second-order valence-electron chi connectivity index (χ2n) is 4.80. The predicted octanol–water partition coefficient (Wildman–Crippen LogP) is 1.16. The van der Waals surface area contributed by atoms with Crippen molar-refractivity contribution in [2.24, 2.45) is 0 Å². The van der Waals surface area contributed by atoms with Gasteiger partial charge in [0.25, 0.3) is 0 Å². The molecule has 0 saturated carbocycles. The minimum Gasteiger partial charge on any atom is -0.479 e. The van der Waals surface area contributed by atoms with E-state index in [4.69, 9.17) is 14.6 Å². The average Bonchev–Trinajstić information content (AvgIpc) is 2.94. The van der Waals surface area contributed by atoms with E-state index in [0.29, 0.717) is 12.8 Å². The number of carbonyl (C=O) groups is 2. The maximum absolute atomic E-state index is 11.2. The highest BCUT2D eigenvalue weighted by molar-refractivity contribution is 5.73. The first-order valence-electron chi connectivity index (χ1n) is 6.71. The van der Waals surface area contributed by atoms with Gasteiger partial charge in [-0.2, -0.15) is 0 Å². The molecule has 2 atom stereocenters. The summed E-state index contributed by atoms with van der Waals surface area (Å²) in [4.78, 5) is 22.3. The normalized spacial score (nSPS) is 21.2. The van der Waals surface area contributed by atoms with Crippen molar-refractivity contribution in [2.75, 3.05) is 13.9 Å². The van der Waals surface area contributed by atoms with Crippen molar-refractivity contribution >= 4 is 11.9 Å². The zero-order chi connectivity index (χ0) is 15.2. The molecule has 1 aliphatic heterocycles. The van der Waals surface area contributed by atoms with Gasteiger partial charge in [0.15, 0.2) is 6.10 Å². The van der Waals surface area contributed by atoms with Crippen molar-refractivity contribution in [3.05, 3.63) is 35.4 Å². The van der Waals surface area contributed by atoms with Gasteiger partial charge >= 0.3 is 11.9 Å². The van der Waals surface area contributed by atoms with Crippen molar-refractivity contribution in [2.45, 2.75) is 31.5 Å². The molecule has 114 valence electrons. The third kappa shape index (κ3) is 4.03. The second-order valence-corrected chi connectivity index (χ2v) is 4.80. The van der Waals surface area contributed by atoms with Crippen LogP contribution in [0.3, 0.4) is 0 Å². The number of carboxylic acids is 1. The van der Waals surface area contributed by atoms with E-state index in [1.807, 2.05) is 24.3 Å². The molecule has 2 rings (SSSR count). The monoisotopic (exact) mass is 294 g/mol. The second kappa shape index (κ2) is 7.19. The molecule has 1 N–H and O–H groups in total. The summed E-state index contributed by atoms with van der Waals surface area (Å²) in [5.74, 6) is -1.29. The van der Waals surface area contributed by atoms with Crippen LogP contribution in [0.2, 0.25) is 0 Å². The van der Waals surface area contributed by atoms with Gasteiger partial charge in [-0.05, 0) is 17.5 Å². The number of benzene rings is 1.